The van der Waals surface area contributed by atoms with Crippen LogP contribution in [0, 0.1) is 0 Å². The van der Waals surface area contributed by atoms with Gasteiger partial charge in [-0.1, -0.05) is 23.4 Å². The lowest BCUT2D eigenvalue weighted by atomic mass is 10.1. The molecule has 0 saturated heterocycles. The second-order valence-electron chi connectivity index (χ2n) is 4.54. The van der Waals surface area contributed by atoms with Crippen LogP contribution >= 0.6 is 0 Å². The summed E-state index contributed by atoms with van der Waals surface area (Å²) in [6.45, 7) is 0. The van der Waals surface area contributed by atoms with E-state index in [2.05, 4.69) is 20.1 Å². The number of nitrogens with zero attached hydrogens (tertiary/aromatic N) is 4. The summed E-state index contributed by atoms with van der Waals surface area (Å²) in [5.74, 6) is 0.962. The third kappa shape index (κ3) is 2.04. The Morgan fingerprint density at radius 2 is 1.90 bits per heavy atom. The van der Waals surface area contributed by atoms with Crippen LogP contribution in [-0.4, -0.2) is 20.1 Å². The Morgan fingerprint density at radius 1 is 0.905 bits per heavy atom. The molecule has 3 aromatic heterocycles. The molecule has 0 bridgehead atoms. The summed E-state index contributed by atoms with van der Waals surface area (Å²) in [6.07, 6.45) is 5.27. The SMILES string of the molecule is c1ccc(-c2noc(-c3cccc4cnccc34)n2)nc1. The maximum atomic E-state index is 5.39. The molecule has 0 radical (unpaired) electrons. The fourth-order valence-electron chi connectivity index (χ4n) is 2.24. The highest BCUT2D eigenvalue weighted by Crippen LogP contribution is 2.27. The van der Waals surface area contributed by atoms with Gasteiger partial charge in [0.1, 0.15) is 5.69 Å². The molecule has 0 saturated carbocycles. The molecule has 0 aliphatic carbocycles. The predicted octanol–water partition coefficient (Wildman–Crippen LogP) is 3.35. The molecule has 1 aromatic carbocycles. The smallest absolute Gasteiger partial charge is 0.258 e. The van der Waals surface area contributed by atoms with E-state index in [4.69, 9.17) is 4.52 Å². The summed E-state index contributed by atoms with van der Waals surface area (Å²) < 4.78 is 5.39. The molecule has 0 unspecified atom stereocenters. The first-order chi connectivity index (χ1) is 10.4. The summed E-state index contributed by atoms with van der Waals surface area (Å²) in [4.78, 5) is 12.8. The highest BCUT2D eigenvalue weighted by molar-refractivity contribution is 5.94. The average molecular weight is 274 g/mol. The number of benzene rings is 1. The molecule has 100 valence electrons. The van der Waals surface area contributed by atoms with E-state index in [9.17, 15) is 0 Å². The Hall–Kier alpha value is -3.08. The average Bonchev–Trinajstić information content (AvgIpc) is 3.05. The zero-order valence-corrected chi connectivity index (χ0v) is 11.0. The fourth-order valence-corrected chi connectivity index (χ4v) is 2.24. The third-order valence-corrected chi connectivity index (χ3v) is 3.23. The van der Waals surface area contributed by atoms with Gasteiger partial charge in [-0.25, -0.2) is 0 Å². The van der Waals surface area contributed by atoms with Gasteiger partial charge in [0.05, 0.1) is 0 Å². The molecule has 5 heteroatoms. The lowest BCUT2D eigenvalue weighted by Crippen LogP contribution is -1.85. The summed E-state index contributed by atoms with van der Waals surface area (Å²) in [5, 5.41) is 6.07. The molecule has 5 nitrogen and oxygen atoms in total. The van der Waals surface area contributed by atoms with Gasteiger partial charge in [-0.15, -0.1) is 0 Å². The summed E-state index contributed by atoms with van der Waals surface area (Å²) in [6, 6.07) is 13.4. The molecule has 0 atom stereocenters. The summed E-state index contributed by atoms with van der Waals surface area (Å²) in [7, 11) is 0. The summed E-state index contributed by atoms with van der Waals surface area (Å²) in [5.41, 5.74) is 1.58. The van der Waals surface area contributed by atoms with E-state index in [0.717, 1.165) is 16.3 Å². The Kier molecular flexibility index (Phi) is 2.67. The molecule has 21 heavy (non-hydrogen) atoms. The van der Waals surface area contributed by atoms with E-state index >= 15 is 0 Å². The van der Waals surface area contributed by atoms with Gasteiger partial charge >= 0.3 is 0 Å². The quantitative estimate of drug-likeness (QED) is 0.561. The number of rotatable bonds is 2. The van der Waals surface area contributed by atoms with Crippen LogP contribution in [0.4, 0.5) is 0 Å². The van der Waals surface area contributed by atoms with Gasteiger partial charge in [-0.2, -0.15) is 4.98 Å². The standard InChI is InChI=1S/C16H10N4O/c1-2-8-18-14(6-1)15-19-16(21-20-15)13-5-3-4-11-10-17-9-7-12(11)13/h1-10H. The normalized spacial score (nSPS) is 10.9. The van der Waals surface area contributed by atoms with E-state index in [1.807, 2.05) is 48.7 Å². The number of hydrogen-bond donors (Lipinski definition) is 0. The van der Waals surface area contributed by atoms with E-state index in [1.165, 1.54) is 0 Å². The second kappa shape index (κ2) is 4.79. The predicted molar refractivity (Wildman–Crippen MR) is 78.3 cm³/mol. The van der Waals surface area contributed by atoms with Gasteiger partial charge in [0, 0.05) is 29.5 Å². The van der Waals surface area contributed by atoms with E-state index in [1.54, 1.807) is 12.4 Å². The highest BCUT2D eigenvalue weighted by Gasteiger charge is 2.13. The molecule has 0 amide bonds. The lowest BCUT2D eigenvalue weighted by Gasteiger charge is -2.00. The van der Waals surface area contributed by atoms with Crippen LogP contribution in [0.3, 0.4) is 0 Å². The van der Waals surface area contributed by atoms with Crippen LogP contribution in [0.15, 0.2) is 65.6 Å². The Morgan fingerprint density at radius 3 is 2.81 bits per heavy atom. The first kappa shape index (κ1) is 11.7. The Balaban J connectivity index is 1.85. The van der Waals surface area contributed by atoms with Gasteiger partial charge < -0.3 is 4.52 Å². The molecule has 0 aliphatic rings. The molecular weight excluding hydrogens is 264 g/mol. The number of pyridine rings is 2. The van der Waals surface area contributed by atoms with Gasteiger partial charge in [0.2, 0.25) is 5.82 Å². The number of fused-ring (bicyclic) bond motifs is 1. The molecule has 4 aromatic rings. The molecule has 3 heterocycles. The van der Waals surface area contributed by atoms with Crippen molar-refractivity contribution in [2.75, 3.05) is 0 Å². The molecule has 0 spiro atoms. The van der Waals surface area contributed by atoms with Crippen molar-refractivity contribution < 1.29 is 4.52 Å². The molecular formula is C16H10N4O. The molecule has 0 N–H and O–H groups in total. The Labute approximate surface area is 120 Å². The number of hydrogen-bond acceptors (Lipinski definition) is 5. The van der Waals surface area contributed by atoms with Crippen molar-refractivity contribution >= 4 is 10.8 Å². The van der Waals surface area contributed by atoms with Crippen LogP contribution in [0.5, 0.6) is 0 Å². The molecule has 0 fully saturated rings. The van der Waals surface area contributed by atoms with Crippen LogP contribution in [-0.2, 0) is 0 Å². The van der Waals surface area contributed by atoms with E-state index < -0.39 is 0 Å². The fraction of sp³-hybridized carbons (Fsp3) is 0. The topological polar surface area (TPSA) is 64.7 Å². The maximum Gasteiger partial charge on any atom is 0.258 e. The monoisotopic (exact) mass is 274 g/mol. The summed E-state index contributed by atoms with van der Waals surface area (Å²) >= 11 is 0. The van der Waals surface area contributed by atoms with Crippen LogP contribution in [0.2, 0.25) is 0 Å². The lowest BCUT2D eigenvalue weighted by molar-refractivity contribution is 0.432. The van der Waals surface area contributed by atoms with Crippen molar-refractivity contribution in [3.63, 3.8) is 0 Å². The number of aromatic nitrogens is 4. The maximum absolute atomic E-state index is 5.39. The van der Waals surface area contributed by atoms with Crippen molar-refractivity contribution in [2.24, 2.45) is 0 Å². The van der Waals surface area contributed by atoms with Gasteiger partial charge in [0.15, 0.2) is 0 Å². The molecule has 0 aliphatic heterocycles. The van der Waals surface area contributed by atoms with Crippen LogP contribution < -0.4 is 0 Å². The second-order valence-corrected chi connectivity index (χ2v) is 4.54. The van der Waals surface area contributed by atoms with Crippen molar-refractivity contribution in [1.82, 2.24) is 20.1 Å². The Bertz CT molecular complexity index is 897. The van der Waals surface area contributed by atoms with E-state index in [-0.39, 0.29) is 0 Å². The van der Waals surface area contributed by atoms with Crippen molar-refractivity contribution in [1.29, 1.82) is 0 Å². The first-order valence-corrected chi connectivity index (χ1v) is 6.50. The van der Waals surface area contributed by atoms with Crippen molar-refractivity contribution in [3.8, 4) is 23.0 Å². The molecule has 4 rings (SSSR count). The largest absolute Gasteiger partial charge is 0.334 e. The first-order valence-electron chi connectivity index (χ1n) is 6.50. The van der Waals surface area contributed by atoms with Gasteiger partial charge in [-0.05, 0) is 29.7 Å². The zero-order chi connectivity index (χ0) is 14.1. The third-order valence-electron chi connectivity index (χ3n) is 3.23. The van der Waals surface area contributed by atoms with Crippen molar-refractivity contribution in [3.05, 3.63) is 61.1 Å². The van der Waals surface area contributed by atoms with Gasteiger partial charge in [-0.3, -0.25) is 9.97 Å². The minimum absolute atomic E-state index is 0.479. The van der Waals surface area contributed by atoms with E-state index in [0.29, 0.717) is 17.4 Å². The minimum atomic E-state index is 0.479. The zero-order valence-electron chi connectivity index (χ0n) is 11.0. The highest BCUT2D eigenvalue weighted by atomic mass is 16.5. The van der Waals surface area contributed by atoms with Crippen LogP contribution in [0.1, 0.15) is 0 Å². The minimum Gasteiger partial charge on any atom is -0.334 e. The van der Waals surface area contributed by atoms with Crippen molar-refractivity contribution in [2.45, 2.75) is 0 Å². The van der Waals surface area contributed by atoms with Gasteiger partial charge in [0.25, 0.3) is 5.89 Å². The van der Waals surface area contributed by atoms with Crippen LogP contribution in [0.25, 0.3) is 33.7 Å².